The molecule has 7 rings (SSSR count). The minimum absolute atomic E-state index is 0.106. The number of allylic oxidation sites excluding steroid dienone is 3. The molecule has 0 unspecified atom stereocenters. The van der Waals surface area contributed by atoms with Gasteiger partial charge in [0.1, 0.15) is 95.9 Å². The number of aliphatic hydroxyl groups is 4. The summed E-state index contributed by atoms with van der Waals surface area (Å²) in [4.78, 5) is 266. The number of nitrogens with one attached hydrogen (secondary N) is 14. The maximum Gasteiger partial charge on any atom is 0.331 e. The van der Waals surface area contributed by atoms with Crippen molar-refractivity contribution in [1.29, 1.82) is 0 Å². The molecule has 1 fully saturated rings. The number of phenols is 2. The van der Waals surface area contributed by atoms with Crippen molar-refractivity contribution in [3.63, 3.8) is 0 Å². The second-order valence-electron chi connectivity index (χ2n) is 37.1. The third-order valence-electron chi connectivity index (χ3n) is 23.8. The van der Waals surface area contributed by atoms with Crippen LogP contribution in [-0.4, -0.2) is 272 Å². The number of ether oxygens (including phenoxy) is 2. The van der Waals surface area contributed by atoms with Crippen LogP contribution >= 0.6 is 0 Å². The summed E-state index contributed by atoms with van der Waals surface area (Å²) in [5.41, 5.74) is 13.6. The highest BCUT2D eigenvalue weighted by Gasteiger charge is 2.43. The number of aromatic hydroxyl groups is 2. The van der Waals surface area contributed by atoms with Crippen LogP contribution in [0.4, 0.5) is 0 Å². The van der Waals surface area contributed by atoms with E-state index in [1.54, 1.807) is 131 Å². The number of nitrogens with zero attached hydrogens (tertiary/aromatic N) is 1. The van der Waals surface area contributed by atoms with Crippen molar-refractivity contribution in [3.05, 3.63) is 221 Å². The first-order valence-corrected chi connectivity index (χ1v) is 49.1. The van der Waals surface area contributed by atoms with Crippen LogP contribution in [0.15, 0.2) is 187 Å². The van der Waals surface area contributed by atoms with Crippen molar-refractivity contribution in [2.75, 3.05) is 26.8 Å². The van der Waals surface area contributed by atoms with E-state index in [1.807, 2.05) is 38.2 Å². The lowest BCUT2D eigenvalue weighted by Gasteiger charge is -2.31. The summed E-state index contributed by atoms with van der Waals surface area (Å²) >= 11 is 0. The fraction of sp³-hybridized carbons (Fsp3) is 0.434. The third-order valence-corrected chi connectivity index (χ3v) is 23.8. The van der Waals surface area contributed by atoms with E-state index in [4.69, 9.17) is 20.9 Å². The van der Waals surface area contributed by atoms with Crippen LogP contribution in [0.3, 0.4) is 0 Å². The molecule has 43 nitrogen and oxygen atoms in total. The van der Waals surface area contributed by atoms with E-state index in [-0.39, 0.29) is 41.4 Å². The average molecular weight is 2070 g/mol. The Labute approximate surface area is 863 Å². The Kier molecular flexibility index (Phi) is 48.7. The second kappa shape index (κ2) is 60.4. The van der Waals surface area contributed by atoms with E-state index in [9.17, 15) is 78.6 Å². The van der Waals surface area contributed by atoms with Gasteiger partial charge < -0.3 is 131 Å². The molecule has 804 valence electrons. The van der Waals surface area contributed by atoms with Crippen molar-refractivity contribution < 1.29 is 126 Å². The minimum Gasteiger partial charge on any atom is -0.508 e. The standard InChI is InChI=1S/C106H139N17O26/c1-12-14-18-30-69-31-24-25-32-70(69)38-44-88(133)120-92-64(10)149-106(147)83(58-125)118-97(138)81(55-86(108)131)116-101(142)89(61(7)126)121-98(139)78(50-65-26-20-16-21-27-65)111-93(134)75(48-59(3)4)110-95(136)77(52-67-34-40-73(128)41-35-67)114-103(144)91(119-87(132)45-39-71-46-47-109-56-72(71)33-19-15-13-2)63(9)148-105(146)82(57-124)117-96(137)80(54-85(107)130)115-102(143)90(62(8)127)122-99(140)79(51-66-28-22-17-23-29-66)112-94(135)76(49-60(5)6)113-100(141)84(123(11)104(92)145)53-68-36-42-74(129)43-37-68/h16-44,46-47,53,59-64,72,75-83,89-92,109,124-129H,12-15,45,48-52,54-58H2,1-11H3,(H2,107,130)(H2,108,131)(H,110,136)(H,111,134)(H,112,135)(H,113,141)(H,114,144)(H,115,143)(H,116,142)(H,117,137)(H,118,138)(H,119,132)(H,120,133)(H,121,139)(H,122,140)/b30-18-,33-19-,44-38+,71-39-,84-53+/t61-,62-,63+,64+,72+,75-,76-,77-,78+,79+,80-,81-,82-,83-,89-,90-,91-,92-/m0/s1. The van der Waals surface area contributed by atoms with Gasteiger partial charge in [0, 0.05) is 51.3 Å². The number of amides is 16. The highest BCUT2D eigenvalue weighted by molar-refractivity contribution is 6.06. The Bertz CT molecular complexity index is 5660. The maximum absolute atomic E-state index is 15.7. The van der Waals surface area contributed by atoms with E-state index >= 15 is 38.4 Å². The van der Waals surface area contributed by atoms with Gasteiger partial charge in [0.2, 0.25) is 82.7 Å². The fourth-order valence-electron chi connectivity index (χ4n) is 15.7. The van der Waals surface area contributed by atoms with Crippen LogP contribution in [0.5, 0.6) is 11.5 Å². The molecule has 2 heterocycles. The van der Waals surface area contributed by atoms with Crippen molar-refractivity contribution in [2.45, 2.75) is 249 Å². The summed E-state index contributed by atoms with van der Waals surface area (Å²) in [7, 11) is 1.05. The molecule has 24 N–H and O–H groups in total. The molecule has 149 heavy (non-hydrogen) atoms. The van der Waals surface area contributed by atoms with Gasteiger partial charge in [-0.2, -0.15) is 0 Å². The van der Waals surface area contributed by atoms with Gasteiger partial charge in [0.05, 0.1) is 38.3 Å². The number of esters is 2. The smallest absolute Gasteiger partial charge is 0.331 e. The first-order valence-electron chi connectivity index (χ1n) is 49.1. The van der Waals surface area contributed by atoms with E-state index in [1.165, 1.54) is 54.6 Å². The molecule has 0 radical (unpaired) electrons. The monoisotopic (exact) mass is 2070 g/mol. The zero-order valence-electron chi connectivity index (χ0n) is 85.1. The summed E-state index contributed by atoms with van der Waals surface area (Å²) in [6.07, 6.45) is 7.27. The number of nitrogens with two attached hydrogens (primary N) is 2. The van der Waals surface area contributed by atoms with Crippen molar-refractivity contribution in [3.8, 4) is 11.5 Å². The number of hydrogen-bond donors (Lipinski definition) is 22. The number of carbonyl (C=O) groups is 18. The largest absolute Gasteiger partial charge is 0.508 e. The molecule has 2 aliphatic rings. The number of benzene rings is 5. The van der Waals surface area contributed by atoms with Gasteiger partial charge in [0.25, 0.3) is 11.8 Å². The number of unbranched alkanes of at least 4 members (excludes halogenated alkanes) is 2. The Morgan fingerprint density at radius 2 is 0.859 bits per heavy atom. The predicted molar refractivity (Wildman–Crippen MR) is 548 cm³/mol. The molecule has 5 aromatic rings. The van der Waals surface area contributed by atoms with Gasteiger partial charge >= 0.3 is 11.9 Å². The van der Waals surface area contributed by atoms with Crippen LogP contribution in [-0.2, 0) is 115 Å². The molecule has 0 saturated carbocycles. The normalized spacial score (nSPS) is 24.5. The molecule has 43 heteroatoms. The molecule has 5 aromatic carbocycles. The van der Waals surface area contributed by atoms with Crippen molar-refractivity contribution >= 4 is 125 Å². The number of rotatable bonds is 31. The highest BCUT2D eigenvalue weighted by atomic mass is 16.6. The predicted octanol–water partition coefficient (Wildman–Crippen LogP) is 0.326. The van der Waals surface area contributed by atoms with Gasteiger partial charge in [0.15, 0.2) is 12.1 Å². The molecule has 18 atom stereocenters. The first-order chi connectivity index (χ1) is 70.8. The number of carbonyl (C=O) groups excluding carboxylic acids is 18. The lowest BCUT2D eigenvalue weighted by atomic mass is 9.94. The van der Waals surface area contributed by atoms with Crippen molar-refractivity contribution in [2.24, 2.45) is 29.2 Å². The Balaban J connectivity index is 1.38. The number of aliphatic hydroxyl groups excluding tert-OH is 4. The van der Waals surface area contributed by atoms with Crippen LogP contribution in [0, 0.1) is 17.8 Å². The molecule has 0 aliphatic carbocycles. The Hall–Kier alpha value is -15.8. The van der Waals surface area contributed by atoms with E-state index in [2.05, 4.69) is 74.4 Å². The number of phenolic OH excluding ortho intramolecular Hbond substituents is 2. The molecule has 0 aromatic heterocycles. The summed E-state index contributed by atoms with van der Waals surface area (Å²) < 4.78 is 11.6. The lowest BCUT2D eigenvalue weighted by molar-refractivity contribution is -0.158. The van der Waals surface area contributed by atoms with Crippen molar-refractivity contribution in [1.82, 2.24) is 79.3 Å². The molecule has 0 spiro atoms. The van der Waals surface area contributed by atoms with Crippen LogP contribution in [0.1, 0.15) is 160 Å². The zero-order valence-corrected chi connectivity index (χ0v) is 85.1. The number of hydrogen-bond acceptors (Lipinski definition) is 27. The molecular formula is C106H139N17O26. The van der Waals surface area contributed by atoms with Gasteiger partial charge in [-0.05, 0) is 153 Å². The Morgan fingerprint density at radius 1 is 0.463 bits per heavy atom. The topological polar surface area (TPSA) is 671 Å². The molecule has 1 saturated heterocycles. The van der Waals surface area contributed by atoms with E-state index < -0.39 is 279 Å². The molecule has 16 amide bonds. The van der Waals surface area contributed by atoms with Crippen LogP contribution in [0.25, 0.3) is 18.2 Å². The van der Waals surface area contributed by atoms with Crippen LogP contribution < -0.4 is 85.9 Å². The molecular weight excluding hydrogens is 1930 g/mol. The summed E-state index contributed by atoms with van der Waals surface area (Å²) in [5, 5.41) is 100. The van der Waals surface area contributed by atoms with Gasteiger partial charge in [-0.25, -0.2) is 9.59 Å². The van der Waals surface area contributed by atoms with Crippen LogP contribution in [0.2, 0.25) is 0 Å². The SMILES string of the molecule is CCC/C=C\c1ccccc1/C=C/C(=O)N[C@@H]1C(=O)N(C)/C(=C/c2ccc(O)cc2)C(=O)N[C@@H](CC(C)C)C(=O)N[C@H](Cc2ccccc2)C(=O)N[C@@H]([C@H](C)O)C(=O)N[C@@H](CC(N)=O)C(=O)N[C@@H](CO)C(=O)O[C@H](C)[C@H](NC(=O)C/C=C2/C=CNC[C@H]2/C=C\CCC)C(=O)N[C@@H](Cc2ccc(O)cc2)C(=O)N[C@@H](CC(C)C)C(=O)N[C@H](Cc2ccccc2)C(=O)N[C@@H]([C@H](C)O)C(=O)N[C@@H](CC(N)=O)C(=O)N[C@@H](CO)C(=O)O[C@@H]1C. The number of primary amides is 2. The third kappa shape index (κ3) is 39.5. The average Bonchev–Trinajstić information content (AvgIpc) is 0.798. The van der Waals surface area contributed by atoms with E-state index in [0.29, 0.717) is 45.7 Å². The highest BCUT2D eigenvalue weighted by Crippen LogP contribution is 2.24. The van der Waals surface area contributed by atoms with Gasteiger partial charge in [-0.1, -0.05) is 194 Å². The summed E-state index contributed by atoms with van der Waals surface area (Å²) in [6, 6.07) is 7.35. The zero-order chi connectivity index (χ0) is 110. The lowest BCUT2D eigenvalue weighted by Crippen LogP contribution is -2.63. The second-order valence-corrected chi connectivity index (χ2v) is 37.1. The fourth-order valence-corrected chi connectivity index (χ4v) is 15.7. The number of cyclic esters (lactones) is 2. The van der Waals surface area contributed by atoms with Gasteiger partial charge in [-0.15, -0.1) is 0 Å². The molecule has 0 bridgehead atoms. The minimum atomic E-state index is -2.21. The summed E-state index contributed by atoms with van der Waals surface area (Å²) in [6.45, 7) is 12.6. The Morgan fingerprint density at radius 3 is 1.32 bits per heavy atom. The maximum atomic E-state index is 15.7. The van der Waals surface area contributed by atoms with E-state index in [0.717, 1.165) is 66.2 Å². The van der Waals surface area contributed by atoms with Gasteiger partial charge in [-0.3, -0.25) is 76.7 Å². The summed E-state index contributed by atoms with van der Waals surface area (Å²) in [5.74, 6) is -24.4. The molecule has 2 aliphatic heterocycles. The number of likely N-dealkylation sites (N-methyl/N-ethyl adjacent to an activating group) is 1. The quantitative estimate of drug-likeness (QED) is 0.0161. The first kappa shape index (κ1) is 120.